The summed E-state index contributed by atoms with van der Waals surface area (Å²) in [4.78, 5) is 2.52. The molecule has 0 aromatic rings. The first kappa shape index (κ1) is 12.4. The molecule has 100 valence electrons. The number of nitriles is 1. The molecule has 4 nitrogen and oxygen atoms in total. The molecule has 2 heterocycles. The second-order valence-corrected chi connectivity index (χ2v) is 6.25. The number of hydrogen-bond donors (Lipinski definition) is 1. The third-order valence-electron chi connectivity index (χ3n) is 4.99. The van der Waals surface area contributed by atoms with Crippen LogP contribution in [0.5, 0.6) is 0 Å². The summed E-state index contributed by atoms with van der Waals surface area (Å²) in [5, 5.41) is 9.22. The highest BCUT2D eigenvalue weighted by molar-refractivity contribution is 5.12. The standard InChI is InChI=1S/C14H23N3O/c15-10-14(16)6-1-2-11(14)5-7-17-8-12-3-4-13(9-17)18-12/h11-13H,1-9,16H2. The molecule has 0 aromatic heterocycles. The van der Waals surface area contributed by atoms with Crippen molar-refractivity contribution in [1.82, 2.24) is 4.90 Å². The van der Waals surface area contributed by atoms with Crippen LogP contribution in [0, 0.1) is 17.2 Å². The van der Waals surface area contributed by atoms with Gasteiger partial charge in [0.15, 0.2) is 0 Å². The number of nitrogens with two attached hydrogens (primary N) is 1. The topological polar surface area (TPSA) is 62.3 Å². The summed E-state index contributed by atoms with van der Waals surface area (Å²) < 4.78 is 5.84. The number of ether oxygens (including phenoxy) is 1. The quantitative estimate of drug-likeness (QED) is 0.818. The summed E-state index contributed by atoms with van der Waals surface area (Å²) in [7, 11) is 0. The van der Waals surface area contributed by atoms with Crippen molar-refractivity contribution in [2.75, 3.05) is 19.6 Å². The number of morpholine rings is 1. The van der Waals surface area contributed by atoms with Crippen molar-refractivity contribution < 1.29 is 4.74 Å². The molecule has 4 unspecified atom stereocenters. The van der Waals surface area contributed by atoms with Gasteiger partial charge in [-0.1, -0.05) is 6.42 Å². The van der Waals surface area contributed by atoms with Gasteiger partial charge in [-0.2, -0.15) is 5.26 Å². The summed E-state index contributed by atoms with van der Waals surface area (Å²) >= 11 is 0. The van der Waals surface area contributed by atoms with Crippen LogP contribution in [0.2, 0.25) is 0 Å². The van der Waals surface area contributed by atoms with Gasteiger partial charge in [-0.15, -0.1) is 0 Å². The molecular formula is C14H23N3O. The molecular weight excluding hydrogens is 226 g/mol. The molecule has 2 bridgehead atoms. The number of hydrogen-bond acceptors (Lipinski definition) is 4. The Morgan fingerprint density at radius 2 is 2.00 bits per heavy atom. The Morgan fingerprint density at radius 3 is 2.67 bits per heavy atom. The Balaban J connectivity index is 1.51. The van der Waals surface area contributed by atoms with Crippen LogP contribution in [-0.4, -0.2) is 42.3 Å². The summed E-state index contributed by atoms with van der Waals surface area (Å²) in [6.07, 6.45) is 7.57. The minimum Gasteiger partial charge on any atom is -0.372 e. The highest BCUT2D eigenvalue weighted by Gasteiger charge is 2.40. The molecule has 3 fully saturated rings. The molecule has 0 radical (unpaired) electrons. The van der Waals surface area contributed by atoms with E-state index in [1.807, 2.05) is 0 Å². The molecule has 18 heavy (non-hydrogen) atoms. The molecule has 4 atom stereocenters. The molecule has 0 spiro atoms. The average Bonchev–Trinajstić information content (AvgIpc) is 2.91. The van der Waals surface area contributed by atoms with Gasteiger partial charge in [0.2, 0.25) is 0 Å². The monoisotopic (exact) mass is 249 g/mol. The van der Waals surface area contributed by atoms with Crippen LogP contribution in [0.1, 0.15) is 38.5 Å². The zero-order valence-corrected chi connectivity index (χ0v) is 11.0. The molecule has 1 saturated carbocycles. The fourth-order valence-corrected chi connectivity index (χ4v) is 3.87. The van der Waals surface area contributed by atoms with Gasteiger partial charge >= 0.3 is 0 Å². The van der Waals surface area contributed by atoms with E-state index in [1.165, 1.54) is 12.8 Å². The SMILES string of the molecule is N#CC1(N)CCCC1CCN1CC2CCC(C1)O2. The highest BCUT2D eigenvalue weighted by Crippen LogP contribution is 2.36. The second kappa shape index (κ2) is 4.80. The van der Waals surface area contributed by atoms with Gasteiger partial charge in [-0.05, 0) is 44.6 Å². The van der Waals surface area contributed by atoms with Gasteiger partial charge in [-0.3, -0.25) is 4.90 Å². The Hall–Kier alpha value is -0.630. The largest absolute Gasteiger partial charge is 0.372 e. The van der Waals surface area contributed by atoms with Gasteiger partial charge in [0.25, 0.3) is 0 Å². The van der Waals surface area contributed by atoms with Gasteiger partial charge in [-0.25, -0.2) is 0 Å². The van der Waals surface area contributed by atoms with Gasteiger partial charge in [0, 0.05) is 13.1 Å². The van der Waals surface area contributed by atoms with Crippen molar-refractivity contribution in [3.8, 4) is 6.07 Å². The summed E-state index contributed by atoms with van der Waals surface area (Å²) in [5.74, 6) is 0.392. The van der Waals surface area contributed by atoms with E-state index in [0.29, 0.717) is 18.1 Å². The van der Waals surface area contributed by atoms with Crippen LogP contribution in [-0.2, 0) is 4.74 Å². The Kier molecular flexibility index (Phi) is 3.31. The zero-order chi connectivity index (χ0) is 12.6. The molecule has 0 amide bonds. The smallest absolute Gasteiger partial charge is 0.107 e. The first-order valence-corrected chi connectivity index (χ1v) is 7.27. The summed E-state index contributed by atoms with van der Waals surface area (Å²) in [6, 6.07) is 2.34. The Bertz CT molecular complexity index is 341. The third-order valence-corrected chi connectivity index (χ3v) is 4.99. The van der Waals surface area contributed by atoms with Crippen LogP contribution >= 0.6 is 0 Å². The number of fused-ring (bicyclic) bond motifs is 2. The highest BCUT2D eigenvalue weighted by atomic mass is 16.5. The van der Waals surface area contributed by atoms with Crippen molar-refractivity contribution in [3.05, 3.63) is 0 Å². The lowest BCUT2D eigenvalue weighted by molar-refractivity contribution is -0.0398. The van der Waals surface area contributed by atoms with E-state index < -0.39 is 5.54 Å². The summed E-state index contributed by atoms with van der Waals surface area (Å²) in [6.45, 7) is 3.24. The van der Waals surface area contributed by atoms with Crippen LogP contribution in [0.25, 0.3) is 0 Å². The Morgan fingerprint density at radius 1 is 1.28 bits per heavy atom. The van der Waals surface area contributed by atoms with Gasteiger partial charge < -0.3 is 10.5 Å². The van der Waals surface area contributed by atoms with E-state index in [2.05, 4.69) is 11.0 Å². The van der Waals surface area contributed by atoms with Gasteiger partial charge in [0.05, 0.1) is 18.3 Å². The van der Waals surface area contributed by atoms with Crippen molar-refractivity contribution in [1.29, 1.82) is 5.26 Å². The molecule has 4 heteroatoms. The maximum absolute atomic E-state index is 9.22. The molecule has 0 aromatic carbocycles. The minimum atomic E-state index is -0.550. The number of rotatable bonds is 3. The van der Waals surface area contributed by atoms with Gasteiger partial charge in [0.1, 0.15) is 5.54 Å². The van der Waals surface area contributed by atoms with Crippen LogP contribution < -0.4 is 5.73 Å². The lowest BCUT2D eigenvalue weighted by Crippen LogP contribution is -2.46. The van der Waals surface area contributed by atoms with E-state index in [4.69, 9.17) is 10.5 Å². The predicted octanol–water partition coefficient (Wildman–Crippen LogP) is 1.26. The molecule has 1 aliphatic carbocycles. The van der Waals surface area contributed by atoms with E-state index in [0.717, 1.165) is 45.3 Å². The lowest BCUT2D eigenvalue weighted by atomic mass is 9.87. The average molecular weight is 249 g/mol. The number of nitrogens with zero attached hydrogens (tertiary/aromatic N) is 2. The summed E-state index contributed by atoms with van der Waals surface area (Å²) in [5.41, 5.74) is 5.63. The van der Waals surface area contributed by atoms with Crippen molar-refractivity contribution >= 4 is 0 Å². The van der Waals surface area contributed by atoms with E-state index in [9.17, 15) is 5.26 Å². The van der Waals surface area contributed by atoms with E-state index in [-0.39, 0.29) is 0 Å². The maximum Gasteiger partial charge on any atom is 0.107 e. The first-order chi connectivity index (χ1) is 8.69. The van der Waals surface area contributed by atoms with Crippen molar-refractivity contribution in [2.45, 2.75) is 56.3 Å². The molecule has 3 aliphatic rings. The minimum absolute atomic E-state index is 0.392. The zero-order valence-electron chi connectivity index (χ0n) is 11.0. The predicted molar refractivity (Wildman–Crippen MR) is 68.8 cm³/mol. The maximum atomic E-state index is 9.22. The fourth-order valence-electron chi connectivity index (χ4n) is 3.87. The lowest BCUT2D eigenvalue weighted by Gasteiger charge is -2.33. The molecule has 3 rings (SSSR count). The second-order valence-electron chi connectivity index (χ2n) is 6.25. The number of likely N-dealkylation sites (tertiary alicyclic amines) is 1. The van der Waals surface area contributed by atoms with Crippen molar-refractivity contribution in [2.24, 2.45) is 11.7 Å². The third kappa shape index (κ3) is 2.27. The van der Waals surface area contributed by atoms with Crippen molar-refractivity contribution in [3.63, 3.8) is 0 Å². The van der Waals surface area contributed by atoms with E-state index in [1.54, 1.807) is 0 Å². The van der Waals surface area contributed by atoms with Crippen LogP contribution in [0.4, 0.5) is 0 Å². The Labute approximate surface area is 109 Å². The molecule has 2 aliphatic heterocycles. The molecule has 2 saturated heterocycles. The van der Waals surface area contributed by atoms with E-state index >= 15 is 0 Å². The van der Waals surface area contributed by atoms with Crippen LogP contribution in [0.3, 0.4) is 0 Å². The normalized spacial score (nSPS) is 44.1. The molecule has 2 N–H and O–H groups in total. The first-order valence-electron chi connectivity index (χ1n) is 7.27. The fraction of sp³-hybridized carbons (Fsp3) is 0.929. The van der Waals surface area contributed by atoms with Crippen LogP contribution in [0.15, 0.2) is 0 Å².